The van der Waals surface area contributed by atoms with Crippen LogP contribution in [-0.4, -0.2) is 11.7 Å². The fourth-order valence-electron chi connectivity index (χ4n) is 2.83. The van der Waals surface area contributed by atoms with E-state index in [1.54, 1.807) is 0 Å². The minimum absolute atomic E-state index is 0.0573. The lowest BCUT2D eigenvalue weighted by atomic mass is 9.96. The van der Waals surface area contributed by atoms with Gasteiger partial charge >= 0.3 is 0 Å². The van der Waals surface area contributed by atoms with Crippen LogP contribution in [0.25, 0.3) is 6.08 Å². The molecule has 0 amide bonds. The van der Waals surface area contributed by atoms with Gasteiger partial charge in [-0.2, -0.15) is 0 Å². The van der Waals surface area contributed by atoms with Crippen molar-refractivity contribution in [2.24, 2.45) is 0 Å². The standard InChI is InChI=1S/C18H19NO/c1-13-7-5-8-15-10-16(12-20)19(11-17(13)15)18-9-4-3-6-14(18)2/h3-10,20H,11-12H2,1-2H3. The first-order valence-corrected chi connectivity index (χ1v) is 6.94. The Labute approximate surface area is 120 Å². The molecule has 0 unspecified atom stereocenters. The van der Waals surface area contributed by atoms with Gasteiger partial charge in [0.25, 0.3) is 0 Å². The van der Waals surface area contributed by atoms with Gasteiger partial charge in [0.1, 0.15) is 0 Å². The Bertz CT molecular complexity index is 673. The van der Waals surface area contributed by atoms with E-state index in [1.165, 1.54) is 27.9 Å². The van der Waals surface area contributed by atoms with Crippen molar-refractivity contribution >= 4 is 11.8 Å². The molecule has 0 saturated heterocycles. The fourth-order valence-corrected chi connectivity index (χ4v) is 2.83. The van der Waals surface area contributed by atoms with Crippen LogP contribution in [0.15, 0.2) is 48.2 Å². The van der Waals surface area contributed by atoms with Crippen molar-refractivity contribution in [1.82, 2.24) is 0 Å². The molecule has 20 heavy (non-hydrogen) atoms. The molecule has 1 aliphatic heterocycles. The third-order valence-electron chi connectivity index (χ3n) is 4.00. The molecule has 1 N–H and O–H groups in total. The minimum atomic E-state index is 0.0573. The summed E-state index contributed by atoms with van der Waals surface area (Å²) in [4.78, 5) is 2.21. The minimum Gasteiger partial charge on any atom is -0.390 e. The molecule has 2 aromatic rings. The third-order valence-corrected chi connectivity index (χ3v) is 4.00. The second kappa shape index (κ2) is 5.14. The van der Waals surface area contributed by atoms with Gasteiger partial charge in [-0.25, -0.2) is 0 Å². The average molecular weight is 265 g/mol. The topological polar surface area (TPSA) is 23.5 Å². The highest BCUT2D eigenvalue weighted by molar-refractivity contribution is 5.70. The van der Waals surface area contributed by atoms with Crippen LogP contribution in [0.2, 0.25) is 0 Å². The number of nitrogens with zero attached hydrogens (tertiary/aromatic N) is 1. The molecule has 0 atom stereocenters. The predicted octanol–water partition coefficient (Wildman–Crippen LogP) is 3.66. The molecule has 3 rings (SSSR count). The second-order valence-corrected chi connectivity index (χ2v) is 5.31. The van der Waals surface area contributed by atoms with Gasteiger partial charge in [-0.3, -0.25) is 0 Å². The van der Waals surface area contributed by atoms with Gasteiger partial charge in [0.15, 0.2) is 0 Å². The number of benzene rings is 2. The first kappa shape index (κ1) is 12.9. The van der Waals surface area contributed by atoms with Crippen molar-refractivity contribution in [2.75, 3.05) is 11.5 Å². The number of aryl methyl sites for hydroxylation is 2. The summed E-state index contributed by atoms with van der Waals surface area (Å²) >= 11 is 0. The lowest BCUT2D eigenvalue weighted by Crippen LogP contribution is -2.28. The third kappa shape index (κ3) is 2.12. The normalized spacial score (nSPS) is 13.9. The summed E-state index contributed by atoms with van der Waals surface area (Å²) in [5.74, 6) is 0. The Balaban J connectivity index is 2.11. The maximum Gasteiger partial charge on any atom is 0.0833 e. The molecule has 0 radical (unpaired) electrons. The monoisotopic (exact) mass is 265 g/mol. The van der Waals surface area contributed by atoms with E-state index in [4.69, 9.17) is 0 Å². The van der Waals surface area contributed by atoms with Crippen molar-refractivity contribution < 1.29 is 5.11 Å². The maximum atomic E-state index is 9.70. The summed E-state index contributed by atoms with van der Waals surface area (Å²) in [5, 5.41) is 9.70. The molecule has 0 saturated carbocycles. The Morgan fingerprint density at radius 3 is 2.50 bits per heavy atom. The zero-order chi connectivity index (χ0) is 14.1. The van der Waals surface area contributed by atoms with E-state index >= 15 is 0 Å². The van der Waals surface area contributed by atoms with Crippen LogP contribution in [0.1, 0.15) is 22.3 Å². The van der Waals surface area contributed by atoms with Gasteiger partial charge in [-0.05, 0) is 48.2 Å². The molecule has 2 nitrogen and oxygen atoms in total. The van der Waals surface area contributed by atoms with Gasteiger partial charge in [-0.1, -0.05) is 36.4 Å². The summed E-state index contributed by atoms with van der Waals surface area (Å²) in [6.07, 6.45) is 2.10. The lowest BCUT2D eigenvalue weighted by Gasteiger charge is -2.33. The number of hydrogen-bond acceptors (Lipinski definition) is 2. The quantitative estimate of drug-likeness (QED) is 0.895. The number of hydrogen-bond donors (Lipinski definition) is 1. The highest BCUT2D eigenvalue weighted by Crippen LogP contribution is 2.32. The largest absolute Gasteiger partial charge is 0.390 e. The molecule has 0 spiro atoms. The van der Waals surface area contributed by atoms with E-state index in [2.05, 4.69) is 55.2 Å². The Morgan fingerprint density at radius 1 is 1.00 bits per heavy atom. The first-order valence-electron chi connectivity index (χ1n) is 6.94. The number of rotatable bonds is 2. The van der Waals surface area contributed by atoms with E-state index in [0.29, 0.717) is 0 Å². The van der Waals surface area contributed by atoms with Crippen LogP contribution >= 0.6 is 0 Å². The number of fused-ring (bicyclic) bond motifs is 1. The summed E-state index contributed by atoms with van der Waals surface area (Å²) in [6, 6.07) is 14.7. The second-order valence-electron chi connectivity index (χ2n) is 5.31. The summed E-state index contributed by atoms with van der Waals surface area (Å²) < 4.78 is 0. The van der Waals surface area contributed by atoms with Crippen molar-refractivity contribution in [3.05, 3.63) is 70.4 Å². The zero-order valence-electron chi connectivity index (χ0n) is 11.9. The van der Waals surface area contributed by atoms with Gasteiger partial charge in [0.05, 0.1) is 6.61 Å². The Kier molecular flexibility index (Phi) is 3.33. The van der Waals surface area contributed by atoms with E-state index in [9.17, 15) is 5.11 Å². The van der Waals surface area contributed by atoms with Gasteiger partial charge in [0.2, 0.25) is 0 Å². The molecular formula is C18H19NO. The Hall–Kier alpha value is -2.06. The molecule has 0 fully saturated rings. The smallest absolute Gasteiger partial charge is 0.0833 e. The van der Waals surface area contributed by atoms with Gasteiger partial charge < -0.3 is 10.0 Å². The fraction of sp³-hybridized carbons (Fsp3) is 0.222. The number of aliphatic hydroxyl groups excluding tert-OH is 1. The number of aliphatic hydroxyl groups is 1. The molecule has 0 bridgehead atoms. The maximum absolute atomic E-state index is 9.70. The molecule has 2 aromatic carbocycles. The van der Waals surface area contributed by atoms with Crippen molar-refractivity contribution in [3.8, 4) is 0 Å². The van der Waals surface area contributed by atoms with Crippen LogP contribution in [0.4, 0.5) is 5.69 Å². The summed E-state index contributed by atoms with van der Waals surface area (Å²) in [5.41, 5.74) is 7.21. The lowest BCUT2D eigenvalue weighted by molar-refractivity contribution is 0.327. The van der Waals surface area contributed by atoms with Crippen molar-refractivity contribution in [2.45, 2.75) is 20.4 Å². The van der Waals surface area contributed by atoms with E-state index < -0.39 is 0 Å². The molecule has 0 aromatic heterocycles. The number of anilines is 1. The predicted molar refractivity (Wildman–Crippen MR) is 83.6 cm³/mol. The zero-order valence-corrected chi connectivity index (χ0v) is 11.9. The number of para-hydroxylation sites is 1. The first-order chi connectivity index (χ1) is 9.70. The summed E-state index contributed by atoms with van der Waals surface area (Å²) in [7, 11) is 0. The van der Waals surface area contributed by atoms with Crippen molar-refractivity contribution in [3.63, 3.8) is 0 Å². The van der Waals surface area contributed by atoms with E-state index in [0.717, 1.165) is 12.2 Å². The van der Waals surface area contributed by atoms with Crippen LogP contribution in [0, 0.1) is 13.8 Å². The van der Waals surface area contributed by atoms with E-state index in [1.807, 2.05) is 12.1 Å². The van der Waals surface area contributed by atoms with Crippen LogP contribution < -0.4 is 4.90 Å². The van der Waals surface area contributed by atoms with Crippen LogP contribution in [-0.2, 0) is 6.54 Å². The van der Waals surface area contributed by atoms with Crippen molar-refractivity contribution in [1.29, 1.82) is 0 Å². The summed E-state index contributed by atoms with van der Waals surface area (Å²) in [6.45, 7) is 5.13. The van der Waals surface area contributed by atoms with Crippen LogP contribution in [0.5, 0.6) is 0 Å². The molecule has 2 heteroatoms. The van der Waals surface area contributed by atoms with Gasteiger partial charge in [0, 0.05) is 17.9 Å². The molecular weight excluding hydrogens is 246 g/mol. The molecule has 1 heterocycles. The molecule has 0 aliphatic carbocycles. The molecule has 102 valence electrons. The average Bonchev–Trinajstić information content (AvgIpc) is 2.47. The molecule has 1 aliphatic rings. The SMILES string of the molecule is Cc1ccccc1N1Cc2c(C)cccc2C=C1CO. The Morgan fingerprint density at radius 2 is 1.75 bits per heavy atom. The van der Waals surface area contributed by atoms with Gasteiger partial charge in [-0.15, -0.1) is 0 Å². The highest BCUT2D eigenvalue weighted by Gasteiger charge is 2.20. The van der Waals surface area contributed by atoms with Crippen LogP contribution in [0.3, 0.4) is 0 Å². The highest BCUT2D eigenvalue weighted by atomic mass is 16.3. The van der Waals surface area contributed by atoms with E-state index in [-0.39, 0.29) is 6.61 Å².